The van der Waals surface area contributed by atoms with Crippen molar-refractivity contribution in [2.24, 2.45) is 0 Å². The van der Waals surface area contributed by atoms with Gasteiger partial charge in [0, 0.05) is 27.1 Å². The van der Waals surface area contributed by atoms with Crippen molar-refractivity contribution in [1.82, 2.24) is 0 Å². The molecule has 118 valence electrons. The fraction of sp³-hybridized carbons (Fsp3) is 0.167. The fourth-order valence-electron chi connectivity index (χ4n) is 2.45. The Labute approximate surface area is 140 Å². The molecular weight excluding hydrogens is 363 g/mol. The maximum absolute atomic E-state index is 13.8. The zero-order valence-corrected chi connectivity index (χ0v) is 14.2. The average molecular weight is 377 g/mol. The second kappa shape index (κ2) is 6.16. The predicted octanol–water partition coefficient (Wildman–Crippen LogP) is 4.89. The van der Waals surface area contributed by atoms with E-state index >= 15 is 0 Å². The first-order valence-electron chi connectivity index (χ1n) is 7.06. The Balaban J connectivity index is 1.94. The molecule has 0 radical (unpaired) electrons. The van der Waals surface area contributed by atoms with Crippen LogP contribution < -0.4 is 10.4 Å². The van der Waals surface area contributed by atoms with Crippen LogP contribution >= 0.6 is 15.9 Å². The van der Waals surface area contributed by atoms with Crippen LogP contribution in [0.4, 0.5) is 4.39 Å². The van der Waals surface area contributed by atoms with Gasteiger partial charge in [0.2, 0.25) is 0 Å². The summed E-state index contributed by atoms with van der Waals surface area (Å²) >= 11 is 3.22. The van der Waals surface area contributed by atoms with Gasteiger partial charge in [-0.05, 0) is 43.7 Å². The highest BCUT2D eigenvalue weighted by Crippen LogP contribution is 2.29. The smallest absolute Gasteiger partial charge is 0.336 e. The number of rotatable bonds is 3. The highest BCUT2D eigenvalue weighted by atomic mass is 79.9. The first kappa shape index (κ1) is 15.7. The SMILES string of the molecule is Cc1cc(=O)oc2c(C)c(OCc3ccc(Br)cc3F)ccc12. The molecule has 1 aromatic heterocycles. The van der Waals surface area contributed by atoms with Gasteiger partial charge < -0.3 is 9.15 Å². The molecule has 0 aliphatic rings. The highest BCUT2D eigenvalue weighted by molar-refractivity contribution is 9.10. The number of halogens is 2. The van der Waals surface area contributed by atoms with E-state index in [0.29, 0.717) is 21.4 Å². The van der Waals surface area contributed by atoms with E-state index in [-0.39, 0.29) is 12.4 Å². The lowest BCUT2D eigenvalue weighted by molar-refractivity contribution is 0.297. The van der Waals surface area contributed by atoms with Crippen LogP contribution in [0.2, 0.25) is 0 Å². The Kier molecular flexibility index (Phi) is 4.22. The van der Waals surface area contributed by atoms with Gasteiger partial charge in [0.1, 0.15) is 23.8 Å². The highest BCUT2D eigenvalue weighted by Gasteiger charge is 2.11. The van der Waals surface area contributed by atoms with Crippen LogP contribution in [0.25, 0.3) is 11.0 Å². The fourth-order valence-corrected chi connectivity index (χ4v) is 2.78. The Morgan fingerprint density at radius 2 is 1.96 bits per heavy atom. The van der Waals surface area contributed by atoms with Crippen LogP contribution in [0, 0.1) is 19.7 Å². The number of fused-ring (bicyclic) bond motifs is 1. The van der Waals surface area contributed by atoms with E-state index in [1.54, 1.807) is 18.2 Å². The zero-order chi connectivity index (χ0) is 16.6. The molecule has 0 spiro atoms. The molecule has 0 saturated carbocycles. The Morgan fingerprint density at radius 3 is 2.70 bits per heavy atom. The van der Waals surface area contributed by atoms with Gasteiger partial charge in [-0.1, -0.05) is 22.0 Å². The van der Waals surface area contributed by atoms with Gasteiger partial charge in [-0.25, -0.2) is 9.18 Å². The third-order valence-electron chi connectivity index (χ3n) is 3.72. The lowest BCUT2D eigenvalue weighted by Crippen LogP contribution is -2.02. The molecule has 3 nitrogen and oxygen atoms in total. The minimum atomic E-state index is -0.394. The summed E-state index contributed by atoms with van der Waals surface area (Å²) in [6.07, 6.45) is 0. The van der Waals surface area contributed by atoms with E-state index < -0.39 is 5.63 Å². The molecule has 0 amide bonds. The standard InChI is InChI=1S/C18H14BrFO3/c1-10-7-17(21)23-18-11(2)16(6-5-14(10)18)22-9-12-3-4-13(19)8-15(12)20/h3-8H,9H2,1-2H3. The molecule has 0 fully saturated rings. The zero-order valence-electron chi connectivity index (χ0n) is 12.7. The van der Waals surface area contributed by atoms with Gasteiger partial charge >= 0.3 is 5.63 Å². The van der Waals surface area contributed by atoms with Crippen LogP contribution in [-0.2, 0) is 6.61 Å². The van der Waals surface area contributed by atoms with Crippen LogP contribution in [0.15, 0.2) is 50.1 Å². The molecular formula is C18H14BrFO3. The van der Waals surface area contributed by atoms with Crippen molar-refractivity contribution in [2.75, 3.05) is 0 Å². The molecule has 0 aliphatic carbocycles. The van der Waals surface area contributed by atoms with E-state index in [1.807, 2.05) is 19.9 Å². The summed E-state index contributed by atoms with van der Waals surface area (Å²) in [6, 6.07) is 9.93. The van der Waals surface area contributed by atoms with Gasteiger partial charge in [0.25, 0.3) is 0 Å². The number of hydrogen-bond acceptors (Lipinski definition) is 3. The van der Waals surface area contributed by atoms with E-state index in [1.165, 1.54) is 12.1 Å². The largest absolute Gasteiger partial charge is 0.488 e. The van der Waals surface area contributed by atoms with E-state index in [0.717, 1.165) is 16.5 Å². The average Bonchev–Trinajstić information content (AvgIpc) is 2.48. The second-order valence-corrected chi connectivity index (χ2v) is 6.25. The second-order valence-electron chi connectivity index (χ2n) is 5.34. The molecule has 0 atom stereocenters. The molecule has 3 rings (SSSR count). The summed E-state index contributed by atoms with van der Waals surface area (Å²) in [6.45, 7) is 3.77. The summed E-state index contributed by atoms with van der Waals surface area (Å²) in [5, 5.41) is 0.865. The number of hydrogen-bond donors (Lipinski definition) is 0. The van der Waals surface area contributed by atoms with Gasteiger partial charge in [0.15, 0.2) is 0 Å². The predicted molar refractivity (Wildman–Crippen MR) is 90.4 cm³/mol. The maximum Gasteiger partial charge on any atom is 0.336 e. The number of ether oxygens (including phenoxy) is 1. The van der Waals surface area contributed by atoms with Crippen molar-refractivity contribution < 1.29 is 13.5 Å². The molecule has 0 aliphatic heterocycles. The number of aryl methyl sites for hydroxylation is 2. The van der Waals surface area contributed by atoms with Gasteiger partial charge in [0.05, 0.1) is 0 Å². The first-order chi connectivity index (χ1) is 11.0. The molecule has 5 heteroatoms. The monoisotopic (exact) mass is 376 g/mol. The van der Waals surface area contributed by atoms with Crippen molar-refractivity contribution in [3.63, 3.8) is 0 Å². The normalized spacial score (nSPS) is 11.0. The Bertz CT molecular complexity index is 947. The van der Waals surface area contributed by atoms with Crippen molar-refractivity contribution in [1.29, 1.82) is 0 Å². The summed E-state index contributed by atoms with van der Waals surface area (Å²) in [5.41, 5.74) is 2.14. The lowest BCUT2D eigenvalue weighted by atomic mass is 10.1. The van der Waals surface area contributed by atoms with E-state index in [9.17, 15) is 9.18 Å². The maximum atomic E-state index is 13.8. The van der Waals surface area contributed by atoms with E-state index in [4.69, 9.17) is 9.15 Å². The lowest BCUT2D eigenvalue weighted by Gasteiger charge is -2.12. The summed E-state index contributed by atoms with van der Waals surface area (Å²) < 4.78 is 25.5. The van der Waals surface area contributed by atoms with Crippen molar-refractivity contribution in [3.8, 4) is 5.75 Å². The molecule has 0 saturated heterocycles. The molecule has 0 N–H and O–H groups in total. The van der Waals surface area contributed by atoms with Crippen molar-refractivity contribution in [3.05, 3.63) is 73.8 Å². The third kappa shape index (κ3) is 3.15. The van der Waals surface area contributed by atoms with Crippen LogP contribution in [-0.4, -0.2) is 0 Å². The minimum Gasteiger partial charge on any atom is -0.488 e. The molecule has 0 unspecified atom stereocenters. The molecule has 0 bridgehead atoms. The topological polar surface area (TPSA) is 39.4 Å². The van der Waals surface area contributed by atoms with Crippen LogP contribution in [0.5, 0.6) is 5.75 Å². The molecule has 2 aromatic carbocycles. The Hall–Kier alpha value is -2.14. The summed E-state index contributed by atoms with van der Waals surface area (Å²) in [4.78, 5) is 11.6. The van der Waals surface area contributed by atoms with E-state index in [2.05, 4.69) is 15.9 Å². The number of benzene rings is 2. The summed E-state index contributed by atoms with van der Waals surface area (Å²) in [7, 11) is 0. The van der Waals surface area contributed by atoms with Gasteiger partial charge in [-0.15, -0.1) is 0 Å². The first-order valence-corrected chi connectivity index (χ1v) is 7.86. The third-order valence-corrected chi connectivity index (χ3v) is 4.21. The Morgan fingerprint density at radius 1 is 1.17 bits per heavy atom. The summed E-state index contributed by atoms with van der Waals surface area (Å²) in [5.74, 6) is 0.230. The van der Waals surface area contributed by atoms with Crippen molar-refractivity contribution >= 4 is 26.9 Å². The minimum absolute atomic E-state index is 0.0987. The quantitative estimate of drug-likeness (QED) is 0.610. The van der Waals surface area contributed by atoms with Gasteiger partial charge in [-0.2, -0.15) is 0 Å². The van der Waals surface area contributed by atoms with Crippen molar-refractivity contribution in [2.45, 2.75) is 20.5 Å². The molecule has 23 heavy (non-hydrogen) atoms. The molecule has 1 heterocycles. The molecule has 3 aromatic rings. The van der Waals surface area contributed by atoms with Crippen LogP contribution in [0.3, 0.4) is 0 Å². The van der Waals surface area contributed by atoms with Gasteiger partial charge in [-0.3, -0.25) is 0 Å². The van der Waals surface area contributed by atoms with Crippen LogP contribution in [0.1, 0.15) is 16.7 Å².